The van der Waals surface area contributed by atoms with Gasteiger partial charge < -0.3 is 10.8 Å². The lowest BCUT2D eigenvalue weighted by atomic mass is 10.1. The van der Waals surface area contributed by atoms with E-state index in [2.05, 4.69) is 6.92 Å². The third kappa shape index (κ3) is 3.45. The summed E-state index contributed by atoms with van der Waals surface area (Å²) in [6, 6.07) is -0.783. The van der Waals surface area contributed by atoms with Crippen molar-refractivity contribution in [1.29, 1.82) is 0 Å². The van der Waals surface area contributed by atoms with E-state index in [4.69, 9.17) is 10.8 Å². The maximum absolute atomic E-state index is 10.6. The van der Waals surface area contributed by atoms with Crippen molar-refractivity contribution in [3.05, 3.63) is 0 Å². The minimum absolute atomic E-state index is 0.373. The van der Waals surface area contributed by atoms with Crippen molar-refractivity contribution < 1.29 is 9.90 Å². The molecule has 3 nitrogen and oxygen atoms in total. The third-order valence-electron chi connectivity index (χ3n) is 1.69. The lowest BCUT2D eigenvalue weighted by molar-refractivity contribution is -0.139. The largest absolute Gasteiger partial charge is 0.480 e. The van der Waals surface area contributed by atoms with E-state index in [0.717, 1.165) is 12.2 Å². The summed E-state index contributed by atoms with van der Waals surface area (Å²) < 4.78 is -0.373. The summed E-state index contributed by atoms with van der Waals surface area (Å²) in [4.78, 5) is 10.6. The smallest absolute Gasteiger partial charge is 0.321 e. The molecule has 0 saturated carbocycles. The summed E-state index contributed by atoms with van der Waals surface area (Å²) in [5, 5.41) is 8.68. The zero-order valence-corrected chi connectivity index (χ0v) is 8.65. The molecule has 0 heterocycles. The highest BCUT2D eigenvalue weighted by atomic mass is 32.2. The van der Waals surface area contributed by atoms with Gasteiger partial charge in [0.15, 0.2) is 0 Å². The van der Waals surface area contributed by atoms with E-state index in [0.29, 0.717) is 0 Å². The van der Waals surface area contributed by atoms with Crippen LogP contribution in [0.15, 0.2) is 0 Å². The van der Waals surface area contributed by atoms with Gasteiger partial charge in [-0.3, -0.25) is 4.79 Å². The first-order valence-electron chi connectivity index (χ1n) is 4.04. The molecular weight excluding hydrogens is 174 g/mol. The average molecular weight is 191 g/mol. The number of rotatable bonds is 5. The van der Waals surface area contributed by atoms with Crippen molar-refractivity contribution in [2.45, 2.75) is 38.0 Å². The molecule has 0 rings (SSSR count). The zero-order chi connectivity index (χ0) is 9.78. The van der Waals surface area contributed by atoms with Gasteiger partial charge in [0.1, 0.15) is 6.04 Å². The monoisotopic (exact) mass is 191 g/mol. The molecule has 0 saturated heterocycles. The van der Waals surface area contributed by atoms with Crippen molar-refractivity contribution in [3.8, 4) is 0 Å². The van der Waals surface area contributed by atoms with Crippen molar-refractivity contribution in [2.24, 2.45) is 5.73 Å². The highest BCUT2D eigenvalue weighted by Gasteiger charge is 2.31. The van der Waals surface area contributed by atoms with Crippen molar-refractivity contribution >= 4 is 17.7 Å². The predicted octanol–water partition coefficient (Wildman–Crippen LogP) is 1.32. The van der Waals surface area contributed by atoms with Gasteiger partial charge in [0.05, 0.1) is 0 Å². The van der Waals surface area contributed by atoms with Gasteiger partial charge >= 0.3 is 5.97 Å². The number of hydrogen-bond donors (Lipinski definition) is 2. The minimum atomic E-state index is -0.927. The van der Waals surface area contributed by atoms with Crippen LogP contribution in [0.25, 0.3) is 0 Å². The predicted molar refractivity (Wildman–Crippen MR) is 52.4 cm³/mol. The summed E-state index contributed by atoms with van der Waals surface area (Å²) in [5.41, 5.74) is 5.51. The van der Waals surface area contributed by atoms with Gasteiger partial charge in [-0.1, -0.05) is 6.92 Å². The molecule has 72 valence electrons. The number of carboxylic acids is 1. The van der Waals surface area contributed by atoms with Crippen LogP contribution >= 0.6 is 11.8 Å². The molecule has 0 unspecified atom stereocenters. The Kier molecular flexibility index (Phi) is 4.63. The molecule has 12 heavy (non-hydrogen) atoms. The quantitative estimate of drug-likeness (QED) is 0.688. The van der Waals surface area contributed by atoms with Crippen molar-refractivity contribution in [1.82, 2.24) is 0 Å². The molecule has 0 aromatic heterocycles. The van der Waals surface area contributed by atoms with Gasteiger partial charge in [-0.15, -0.1) is 0 Å². The fourth-order valence-corrected chi connectivity index (χ4v) is 1.76. The van der Waals surface area contributed by atoms with Gasteiger partial charge in [-0.25, -0.2) is 0 Å². The summed E-state index contributed by atoms with van der Waals surface area (Å²) in [7, 11) is 0. The van der Waals surface area contributed by atoms with Gasteiger partial charge in [-0.2, -0.15) is 11.8 Å². The molecule has 0 aliphatic rings. The average Bonchev–Trinajstić information content (AvgIpc) is 1.99. The minimum Gasteiger partial charge on any atom is -0.480 e. The second-order valence-electron chi connectivity index (χ2n) is 3.27. The molecule has 0 aliphatic carbocycles. The number of aliphatic carboxylic acids is 1. The Morgan fingerprint density at radius 3 is 2.50 bits per heavy atom. The van der Waals surface area contributed by atoms with Crippen LogP contribution < -0.4 is 5.73 Å². The molecule has 3 N–H and O–H groups in total. The van der Waals surface area contributed by atoms with E-state index in [1.165, 1.54) is 0 Å². The molecule has 0 bridgehead atoms. The van der Waals surface area contributed by atoms with Crippen LogP contribution in [0.3, 0.4) is 0 Å². The Labute approximate surface area is 77.7 Å². The second kappa shape index (κ2) is 4.72. The lowest BCUT2D eigenvalue weighted by Gasteiger charge is -2.27. The van der Waals surface area contributed by atoms with Crippen molar-refractivity contribution in [3.63, 3.8) is 0 Å². The van der Waals surface area contributed by atoms with E-state index in [1.54, 1.807) is 11.8 Å². The number of carbonyl (C=O) groups is 1. The number of carboxylic acid groups (broad SMARTS) is 1. The van der Waals surface area contributed by atoms with E-state index in [9.17, 15) is 4.79 Å². The fraction of sp³-hybridized carbons (Fsp3) is 0.875. The van der Waals surface area contributed by atoms with E-state index >= 15 is 0 Å². The van der Waals surface area contributed by atoms with Crippen LogP contribution in [-0.4, -0.2) is 27.6 Å². The first kappa shape index (κ1) is 11.8. The molecule has 1 atom stereocenters. The Morgan fingerprint density at radius 1 is 1.67 bits per heavy atom. The number of nitrogens with two attached hydrogens (primary N) is 1. The molecule has 0 radical (unpaired) electrons. The molecule has 4 heteroatoms. The molecule has 0 aromatic carbocycles. The van der Waals surface area contributed by atoms with Crippen LogP contribution in [0, 0.1) is 0 Å². The maximum Gasteiger partial charge on any atom is 0.321 e. The highest BCUT2D eigenvalue weighted by Crippen LogP contribution is 2.27. The van der Waals surface area contributed by atoms with Gasteiger partial charge in [0.2, 0.25) is 0 Å². The number of hydrogen-bond acceptors (Lipinski definition) is 3. The standard InChI is InChI=1S/C8H17NO2S/c1-4-5-12-8(2,3)6(9)7(10)11/h6H,4-5,9H2,1-3H3,(H,10,11)/t6-/m1/s1. The first-order valence-corrected chi connectivity index (χ1v) is 5.02. The highest BCUT2D eigenvalue weighted by molar-refractivity contribution is 8.00. The van der Waals surface area contributed by atoms with Crippen LogP contribution in [0.2, 0.25) is 0 Å². The van der Waals surface area contributed by atoms with Gasteiger partial charge in [0, 0.05) is 4.75 Å². The lowest BCUT2D eigenvalue weighted by Crippen LogP contribution is -2.46. The van der Waals surface area contributed by atoms with E-state index in [1.807, 2.05) is 13.8 Å². The Hall–Kier alpha value is -0.220. The zero-order valence-electron chi connectivity index (χ0n) is 7.83. The molecule has 0 fully saturated rings. The van der Waals surface area contributed by atoms with E-state index in [-0.39, 0.29) is 4.75 Å². The molecular formula is C8H17NO2S. The Bertz CT molecular complexity index is 159. The van der Waals surface area contributed by atoms with Crippen LogP contribution in [0.5, 0.6) is 0 Å². The maximum atomic E-state index is 10.6. The van der Waals surface area contributed by atoms with Crippen LogP contribution in [0.1, 0.15) is 27.2 Å². The van der Waals surface area contributed by atoms with Gasteiger partial charge in [0.25, 0.3) is 0 Å². The van der Waals surface area contributed by atoms with E-state index < -0.39 is 12.0 Å². The Balaban J connectivity index is 4.08. The topological polar surface area (TPSA) is 63.3 Å². The normalized spacial score (nSPS) is 14.3. The SMILES string of the molecule is CCCSC(C)(C)[C@H](N)C(=O)O. The summed E-state index contributed by atoms with van der Waals surface area (Å²) >= 11 is 1.61. The Morgan fingerprint density at radius 2 is 2.17 bits per heavy atom. The molecule has 0 aromatic rings. The third-order valence-corrected chi connectivity index (χ3v) is 3.30. The molecule has 0 aliphatic heterocycles. The van der Waals surface area contributed by atoms with Crippen LogP contribution in [-0.2, 0) is 4.79 Å². The molecule has 0 amide bonds. The fourth-order valence-electron chi connectivity index (χ4n) is 0.752. The number of thioether (sulfide) groups is 1. The molecule has 0 spiro atoms. The van der Waals surface area contributed by atoms with Gasteiger partial charge in [-0.05, 0) is 26.0 Å². The van der Waals surface area contributed by atoms with Crippen LogP contribution in [0.4, 0.5) is 0 Å². The van der Waals surface area contributed by atoms with Crippen molar-refractivity contribution in [2.75, 3.05) is 5.75 Å². The summed E-state index contributed by atoms with van der Waals surface area (Å²) in [6.45, 7) is 5.80. The summed E-state index contributed by atoms with van der Waals surface area (Å²) in [5.74, 6) is 0.0251. The summed E-state index contributed by atoms with van der Waals surface area (Å²) in [6.07, 6.45) is 1.04. The first-order chi connectivity index (χ1) is 5.41. The second-order valence-corrected chi connectivity index (χ2v) is 5.02.